The number of nitrogens with zero attached hydrogens (tertiary/aromatic N) is 1. The third-order valence-corrected chi connectivity index (χ3v) is 6.29. The van der Waals surface area contributed by atoms with Crippen molar-refractivity contribution < 1.29 is 4.79 Å². The Kier molecular flexibility index (Phi) is 5.74. The van der Waals surface area contributed by atoms with E-state index in [1.807, 2.05) is 24.3 Å². The van der Waals surface area contributed by atoms with Crippen LogP contribution >= 0.6 is 23.5 Å². The van der Waals surface area contributed by atoms with Crippen LogP contribution in [-0.2, 0) is 24.2 Å². The number of amides is 1. The molecule has 0 spiro atoms. The molecule has 0 bridgehead atoms. The number of nitrogens with two attached hydrogens (primary N) is 1. The van der Waals surface area contributed by atoms with Crippen LogP contribution in [0.4, 0.5) is 5.69 Å². The zero-order valence-electron chi connectivity index (χ0n) is 15.2. The van der Waals surface area contributed by atoms with E-state index < -0.39 is 0 Å². The Morgan fingerprint density at radius 1 is 1.30 bits per heavy atom. The van der Waals surface area contributed by atoms with E-state index in [4.69, 9.17) is 16.7 Å². The fourth-order valence-corrected chi connectivity index (χ4v) is 4.51. The van der Waals surface area contributed by atoms with E-state index in [1.165, 1.54) is 42.5 Å². The Morgan fingerprint density at radius 2 is 2.11 bits per heavy atom. The van der Waals surface area contributed by atoms with Crippen molar-refractivity contribution in [3.8, 4) is 0 Å². The van der Waals surface area contributed by atoms with Crippen molar-refractivity contribution in [1.82, 2.24) is 4.90 Å². The minimum absolute atomic E-state index is 0.0679. The molecule has 27 heavy (non-hydrogen) atoms. The molecule has 142 valence electrons. The number of nitrogens with one attached hydrogen (secondary N) is 1. The Labute approximate surface area is 169 Å². The van der Waals surface area contributed by atoms with Gasteiger partial charge in [-0.1, -0.05) is 29.8 Å². The van der Waals surface area contributed by atoms with E-state index >= 15 is 0 Å². The summed E-state index contributed by atoms with van der Waals surface area (Å²) in [6.07, 6.45) is 4.02. The molecular weight excluding hydrogens is 378 g/mol. The summed E-state index contributed by atoms with van der Waals surface area (Å²) in [6.45, 7) is 3.22. The quantitative estimate of drug-likeness (QED) is 0.710. The first kappa shape index (κ1) is 18.8. The average Bonchev–Trinajstić information content (AvgIpc) is 3.46. The molecule has 1 fully saturated rings. The molecule has 4 rings (SSSR count). The zero-order valence-corrected chi connectivity index (χ0v) is 16.8. The number of rotatable bonds is 6. The van der Waals surface area contributed by atoms with Crippen molar-refractivity contribution in [3.63, 3.8) is 0 Å². The summed E-state index contributed by atoms with van der Waals surface area (Å²) < 4.78 is 0. The normalized spacial score (nSPS) is 16.8. The lowest BCUT2D eigenvalue weighted by atomic mass is 9.98. The van der Waals surface area contributed by atoms with Crippen LogP contribution in [0.15, 0.2) is 41.3 Å². The van der Waals surface area contributed by atoms with E-state index in [0.717, 1.165) is 41.6 Å². The Balaban J connectivity index is 1.49. The number of benzene rings is 2. The maximum Gasteiger partial charge on any atom is 0.228 e. The third kappa shape index (κ3) is 4.66. The lowest BCUT2D eigenvalue weighted by Crippen LogP contribution is -2.32. The minimum Gasteiger partial charge on any atom is -0.326 e. The lowest BCUT2D eigenvalue weighted by molar-refractivity contribution is -0.115. The molecule has 0 radical (unpaired) electrons. The van der Waals surface area contributed by atoms with E-state index in [9.17, 15) is 4.79 Å². The van der Waals surface area contributed by atoms with Crippen molar-refractivity contribution in [2.75, 3.05) is 18.4 Å². The SMILES string of the molecule is NSc1cc(NC(=O)Cc2ccccc2Cl)cc2c1CCN(CC1CC1)C2. The van der Waals surface area contributed by atoms with Gasteiger partial charge in [-0.25, -0.2) is 0 Å². The highest BCUT2D eigenvalue weighted by molar-refractivity contribution is 7.97. The summed E-state index contributed by atoms with van der Waals surface area (Å²) in [6, 6.07) is 11.5. The van der Waals surface area contributed by atoms with Crippen LogP contribution < -0.4 is 10.5 Å². The molecule has 1 amide bonds. The monoisotopic (exact) mass is 401 g/mol. The summed E-state index contributed by atoms with van der Waals surface area (Å²) in [5.41, 5.74) is 4.26. The van der Waals surface area contributed by atoms with Crippen LogP contribution in [0.3, 0.4) is 0 Å². The maximum absolute atomic E-state index is 12.5. The maximum atomic E-state index is 12.5. The van der Waals surface area contributed by atoms with Crippen LogP contribution in [0.2, 0.25) is 5.02 Å². The molecule has 4 nitrogen and oxygen atoms in total. The molecule has 2 aliphatic rings. The standard InChI is InChI=1S/C21H24ClN3OS/c22-19-4-2-1-3-15(19)10-21(26)24-17-9-16-13-25(12-14-5-6-14)8-7-18(16)20(11-17)27-23/h1-4,9,11,14H,5-8,10,12-13,23H2,(H,24,26). The van der Waals surface area contributed by atoms with Gasteiger partial charge in [0.15, 0.2) is 0 Å². The highest BCUT2D eigenvalue weighted by Crippen LogP contribution is 2.34. The molecule has 3 N–H and O–H groups in total. The highest BCUT2D eigenvalue weighted by Gasteiger charge is 2.27. The Hall–Kier alpha value is -1.53. The number of hydrogen-bond acceptors (Lipinski definition) is 4. The molecule has 1 saturated carbocycles. The van der Waals surface area contributed by atoms with Crippen molar-refractivity contribution in [1.29, 1.82) is 0 Å². The van der Waals surface area contributed by atoms with Crippen LogP contribution in [-0.4, -0.2) is 23.9 Å². The van der Waals surface area contributed by atoms with Crippen LogP contribution in [0.5, 0.6) is 0 Å². The molecule has 2 aromatic carbocycles. The molecule has 1 aliphatic heterocycles. The van der Waals surface area contributed by atoms with E-state index in [-0.39, 0.29) is 12.3 Å². The fourth-order valence-electron chi connectivity index (χ4n) is 3.74. The number of anilines is 1. The van der Waals surface area contributed by atoms with Crippen molar-refractivity contribution in [2.45, 2.75) is 37.1 Å². The Morgan fingerprint density at radius 3 is 2.85 bits per heavy atom. The second-order valence-electron chi connectivity index (χ2n) is 7.47. The van der Waals surface area contributed by atoms with Gasteiger partial charge in [-0.2, -0.15) is 0 Å². The van der Waals surface area contributed by atoms with Gasteiger partial charge >= 0.3 is 0 Å². The highest BCUT2D eigenvalue weighted by atomic mass is 35.5. The molecule has 0 aromatic heterocycles. The minimum atomic E-state index is -0.0679. The number of halogens is 1. The van der Waals surface area contributed by atoms with Gasteiger partial charge in [-0.15, -0.1) is 0 Å². The number of fused-ring (bicyclic) bond motifs is 1. The molecule has 0 saturated heterocycles. The van der Waals surface area contributed by atoms with Gasteiger partial charge in [-0.3, -0.25) is 14.8 Å². The Bertz CT molecular complexity index is 853. The summed E-state index contributed by atoms with van der Waals surface area (Å²) in [7, 11) is 0. The smallest absolute Gasteiger partial charge is 0.228 e. The van der Waals surface area contributed by atoms with Crippen molar-refractivity contribution in [2.24, 2.45) is 11.1 Å². The summed E-state index contributed by atoms with van der Waals surface area (Å²) in [5, 5.41) is 9.56. The molecule has 6 heteroatoms. The molecule has 0 unspecified atom stereocenters. The second-order valence-corrected chi connectivity index (χ2v) is 8.56. The van der Waals surface area contributed by atoms with Gasteiger partial charge in [0.2, 0.25) is 5.91 Å². The second kappa shape index (κ2) is 8.23. The van der Waals surface area contributed by atoms with Gasteiger partial charge in [0.05, 0.1) is 6.42 Å². The number of carbonyl (C=O) groups is 1. The van der Waals surface area contributed by atoms with E-state index in [0.29, 0.717) is 5.02 Å². The first-order valence-electron chi connectivity index (χ1n) is 9.40. The van der Waals surface area contributed by atoms with Crippen molar-refractivity contribution >= 4 is 35.1 Å². The van der Waals surface area contributed by atoms with Crippen LogP contribution in [0, 0.1) is 5.92 Å². The third-order valence-electron chi connectivity index (χ3n) is 5.31. The van der Waals surface area contributed by atoms with Gasteiger partial charge in [-0.05, 0) is 72.0 Å². The first-order chi connectivity index (χ1) is 13.1. The lowest BCUT2D eigenvalue weighted by Gasteiger charge is -2.30. The topological polar surface area (TPSA) is 58.4 Å². The predicted molar refractivity (Wildman–Crippen MR) is 112 cm³/mol. The fraction of sp³-hybridized carbons (Fsp3) is 0.381. The molecule has 2 aromatic rings. The largest absolute Gasteiger partial charge is 0.326 e. The summed E-state index contributed by atoms with van der Waals surface area (Å²) >= 11 is 7.44. The van der Waals surface area contributed by atoms with E-state index in [2.05, 4.69) is 16.3 Å². The molecule has 1 aliphatic carbocycles. The van der Waals surface area contributed by atoms with Crippen molar-refractivity contribution in [3.05, 3.63) is 58.1 Å². The molecular formula is C21H24ClN3OS. The van der Waals surface area contributed by atoms with E-state index in [1.54, 1.807) is 6.07 Å². The first-order valence-corrected chi connectivity index (χ1v) is 10.7. The summed E-state index contributed by atoms with van der Waals surface area (Å²) in [5.74, 6) is 0.815. The molecule has 1 heterocycles. The number of hydrogen-bond donors (Lipinski definition) is 2. The van der Waals surface area contributed by atoms with Crippen LogP contribution in [0.25, 0.3) is 0 Å². The summed E-state index contributed by atoms with van der Waals surface area (Å²) in [4.78, 5) is 16.1. The molecule has 0 atom stereocenters. The van der Waals surface area contributed by atoms with Gasteiger partial charge in [0.25, 0.3) is 0 Å². The predicted octanol–water partition coefficient (Wildman–Crippen LogP) is 4.26. The van der Waals surface area contributed by atoms with Crippen LogP contribution in [0.1, 0.15) is 29.5 Å². The zero-order chi connectivity index (χ0) is 18.8. The van der Waals surface area contributed by atoms with Gasteiger partial charge in [0, 0.05) is 35.2 Å². The van der Waals surface area contributed by atoms with Gasteiger partial charge in [0.1, 0.15) is 0 Å². The van der Waals surface area contributed by atoms with Gasteiger partial charge < -0.3 is 5.32 Å². The average molecular weight is 402 g/mol. The number of carbonyl (C=O) groups excluding carboxylic acids is 1.